The first-order valence-corrected chi connectivity index (χ1v) is 7.49. The number of fused-ring (bicyclic) bond motifs is 1. The minimum atomic E-state index is -1.61. The van der Waals surface area contributed by atoms with Gasteiger partial charge in [0.25, 0.3) is 0 Å². The number of nitrogens with one attached hydrogen (secondary N) is 1. The predicted molar refractivity (Wildman–Crippen MR) is 83.0 cm³/mol. The summed E-state index contributed by atoms with van der Waals surface area (Å²) in [5.41, 5.74) is 0.722. The highest BCUT2D eigenvalue weighted by molar-refractivity contribution is 7.16. The van der Waals surface area contributed by atoms with Crippen LogP contribution in [-0.2, 0) is 16.0 Å². The van der Waals surface area contributed by atoms with E-state index in [2.05, 4.69) is 12.2 Å². The number of amides is 1. The lowest BCUT2D eigenvalue weighted by Gasteiger charge is -2.05. The van der Waals surface area contributed by atoms with Gasteiger partial charge in [-0.25, -0.2) is 4.79 Å². The highest BCUT2D eigenvalue weighted by Crippen LogP contribution is 2.21. The van der Waals surface area contributed by atoms with Crippen LogP contribution < -0.4 is 10.7 Å². The number of carboxylic acid groups (broad SMARTS) is 1. The number of rotatable bonds is 4. The van der Waals surface area contributed by atoms with E-state index in [1.165, 1.54) is 16.7 Å². The Morgan fingerprint density at radius 1 is 1.33 bits per heavy atom. The smallest absolute Gasteiger partial charge is 0.394 e. The molecule has 2 aromatic rings. The number of aryl methyl sites for hydroxylation is 1. The number of anilines is 1. The van der Waals surface area contributed by atoms with Crippen molar-refractivity contribution in [1.29, 1.82) is 0 Å². The number of hydrogen-bond acceptors (Lipinski definition) is 4. The van der Waals surface area contributed by atoms with Crippen LogP contribution in [0.1, 0.15) is 25.3 Å². The molecule has 21 heavy (non-hydrogen) atoms. The van der Waals surface area contributed by atoms with E-state index in [-0.39, 0.29) is 11.1 Å². The largest absolute Gasteiger partial charge is 0.474 e. The first-order valence-electron chi connectivity index (χ1n) is 6.61. The molecule has 1 amide bonds. The molecule has 6 heteroatoms. The first kappa shape index (κ1) is 15.2. The van der Waals surface area contributed by atoms with E-state index in [0.29, 0.717) is 5.39 Å². The van der Waals surface area contributed by atoms with Crippen LogP contribution in [0.5, 0.6) is 0 Å². The Morgan fingerprint density at radius 3 is 2.76 bits per heavy atom. The van der Waals surface area contributed by atoms with Crippen molar-refractivity contribution in [2.24, 2.45) is 0 Å². The molecule has 1 heterocycles. The minimum Gasteiger partial charge on any atom is -0.474 e. The second-order valence-electron chi connectivity index (χ2n) is 4.67. The molecule has 0 saturated heterocycles. The molecular weight excluding hydrogens is 290 g/mol. The van der Waals surface area contributed by atoms with Gasteiger partial charge in [-0.1, -0.05) is 19.4 Å². The van der Waals surface area contributed by atoms with Gasteiger partial charge in [0.2, 0.25) is 5.43 Å². The van der Waals surface area contributed by atoms with Crippen molar-refractivity contribution in [3.8, 4) is 0 Å². The topological polar surface area (TPSA) is 83.5 Å². The predicted octanol–water partition coefficient (Wildman–Crippen LogP) is 2.63. The number of carbonyl (C=O) groups is 2. The van der Waals surface area contributed by atoms with Crippen molar-refractivity contribution >= 4 is 39.0 Å². The summed E-state index contributed by atoms with van der Waals surface area (Å²) < 4.78 is 0.813. The molecule has 0 aliphatic rings. The second-order valence-corrected chi connectivity index (χ2v) is 5.58. The average molecular weight is 305 g/mol. The van der Waals surface area contributed by atoms with E-state index in [9.17, 15) is 14.4 Å². The number of hydrogen-bond donors (Lipinski definition) is 2. The van der Waals surface area contributed by atoms with Crippen LogP contribution in [0.25, 0.3) is 10.1 Å². The van der Waals surface area contributed by atoms with Crippen LogP contribution in [0.2, 0.25) is 0 Å². The van der Waals surface area contributed by atoms with Gasteiger partial charge in [-0.05, 0) is 30.5 Å². The van der Waals surface area contributed by atoms with E-state index in [1.807, 2.05) is 18.2 Å². The zero-order valence-corrected chi connectivity index (χ0v) is 12.3. The lowest BCUT2D eigenvalue weighted by Crippen LogP contribution is -2.25. The van der Waals surface area contributed by atoms with Gasteiger partial charge in [0, 0.05) is 15.5 Å². The molecule has 5 nitrogen and oxygen atoms in total. The lowest BCUT2D eigenvalue weighted by molar-refractivity contribution is -0.147. The molecule has 0 spiro atoms. The van der Waals surface area contributed by atoms with Crippen molar-refractivity contribution in [1.82, 2.24) is 0 Å². The molecule has 2 rings (SSSR count). The SMILES string of the molecule is CCCCc1ccc2scc(NC(=O)C(=O)O)c(=O)c2c1. The van der Waals surface area contributed by atoms with E-state index < -0.39 is 11.9 Å². The fourth-order valence-electron chi connectivity index (χ4n) is 1.98. The van der Waals surface area contributed by atoms with Gasteiger partial charge in [0.05, 0.1) is 5.69 Å². The van der Waals surface area contributed by atoms with Gasteiger partial charge < -0.3 is 10.4 Å². The van der Waals surface area contributed by atoms with E-state index in [0.717, 1.165) is 29.5 Å². The quantitative estimate of drug-likeness (QED) is 0.851. The van der Waals surface area contributed by atoms with Crippen molar-refractivity contribution in [3.63, 3.8) is 0 Å². The third-order valence-corrected chi connectivity index (χ3v) is 4.06. The fourth-order valence-corrected chi connectivity index (χ4v) is 2.81. The summed E-state index contributed by atoms with van der Waals surface area (Å²) in [6.45, 7) is 2.10. The normalized spacial score (nSPS) is 10.5. The number of aliphatic carboxylic acids is 1. The van der Waals surface area contributed by atoms with Crippen molar-refractivity contribution in [3.05, 3.63) is 39.4 Å². The lowest BCUT2D eigenvalue weighted by atomic mass is 10.1. The number of carbonyl (C=O) groups excluding carboxylic acids is 1. The molecule has 0 aliphatic carbocycles. The maximum atomic E-state index is 12.3. The number of unbranched alkanes of at least 4 members (excludes halogenated alkanes) is 1. The molecule has 0 unspecified atom stereocenters. The first-order chi connectivity index (χ1) is 10.0. The summed E-state index contributed by atoms with van der Waals surface area (Å²) in [6, 6.07) is 5.69. The third-order valence-electron chi connectivity index (χ3n) is 3.10. The Balaban J connectivity index is 2.41. The summed E-state index contributed by atoms with van der Waals surface area (Å²) in [5, 5.41) is 12.7. The molecule has 0 atom stereocenters. The fraction of sp³-hybridized carbons (Fsp3) is 0.267. The highest BCUT2D eigenvalue weighted by Gasteiger charge is 2.14. The average Bonchev–Trinajstić information content (AvgIpc) is 2.48. The highest BCUT2D eigenvalue weighted by atomic mass is 32.1. The number of carboxylic acids is 1. The number of benzene rings is 1. The summed E-state index contributed by atoms with van der Waals surface area (Å²) in [5.74, 6) is -2.82. The van der Waals surface area contributed by atoms with Gasteiger partial charge in [-0.3, -0.25) is 9.59 Å². The zero-order valence-electron chi connectivity index (χ0n) is 11.5. The molecule has 0 fully saturated rings. The van der Waals surface area contributed by atoms with E-state index in [1.54, 1.807) is 0 Å². The van der Waals surface area contributed by atoms with Gasteiger partial charge in [0.15, 0.2) is 0 Å². The second kappa shape index (κ2) is 6.49. The molecule has 0 radical (unpaired) electrons. The molecular formula is C15H15NO4S. The zero-order chi connectivity index (χ0) is 15.4. The molecule has 1 aromatic heterocycles. The maximum Gasteiger partial charge on any atom is 0.394 e. The summed E-state index contributed by atoms with van der Waals surface area (Å²) in [6.07, 6.45) is 3.00. The standard InChI is InChI=1S/C15H15NO4S/c1-2-3-4-9-5-6-12-10(7-9)13(17)11(8-21-12)16-14(18)15(19)20/h5-8H,2-4H2,1H3,(H,16,18)(H,19,20). The van der Waals surface area contributed by atoms with Gasteiger partial charge in [0.1, 0.15) is 0 Å². The van der Waals surface area contributed by atoms with E-state index >= 15 is 0 Å². The van der Waals surface area contributed by atoms with Gasteiger partial charge in [-0.15, -0.1) is 11.3 Å². The summed E-state index contributed by atoms with van der Waals surface area (Å²) >= 11 is 1.30. The van der Waals surface area contributed by atoms with Crippen molar-refractivity contribution < 1.29 is 14.7 Å². The van der Waals surface area contributed by atoms with Crippen LogP contribution in [0, 0.1) is 0 Å². The van der Waals surface area contributed by atoms with Crippen molar-refractivity contribution in [2.75, 3.05) is 5.32 Å². The van der Waals surface area contributed by atoms with Gasteiger partial charge in [-0.2, -0.15) is 0 Å². The van der Waals surface area contributed by atoms with Gasteiger partial charge >= 0.3 is 11.9 Å². The molecule has 1 aromatic carbocycles. The monoisotopic (exact) mass is 305 g/mol. The summed E-state index contributed by atoms with van der Waals surface area (Å²) in [7, 11) is 0. The van der Waals surface area contributed by atoms with Crippen LogP contribution >= 0.6 is 11.3 Å². The van der Waals surface area contributed by atoms with Crippen molar-refractivity contribution in [2.45, 2.75) is 26.2 Å². The molecule has 0 aliphatic heterocycles. The Hall–Kier alpha value is -2.21. The molecule has 0 saturated carbocycles. The van der Waals surface area contributed by atoms with Crippen LogP contribution in [-0.4, -0.2) is 17.0 Å². The Kier molecular flexibility index (Phi) is 4.70. The maximum absolute atomic E-state index is 12.3. The third kappa shape index (κ3) is 3.46. The Labute approximate surface area is 125 Å². The minimum absolute atomic E-state index is 0.00698. The van der Waals surface area contributed by atoms with Crippen LogP contribution in [0.15, 0.2) is 28.4 Å². The molecule has 0 bridgehead atoms. The molecule has 110 valence electrons. The van der Waals surface area contributed by atoms with E-state index in [4.69, 9.17) is 5.11 Å². The summed E-state index contributed by atoms with van der Waals surface area (Å²) in [4.78, 5) is 34.0. The Morgan fingerprint density at radius 2 is 2.10 bits per heavy atom. The molecule has 2 N–H and O–H groups in total. The van der Waals surface area contributed by atoms with Crippen LogP contribution in [0.4, 0.5) is 5.69 Å². The Bertz CT molecular complexity index is 751. The van der Waals surface area contributed by atoms with Crippen LogP contribution in [0.3, 0.4) is 0 Å².